The molecule has 0 radical (unpaired) electrons. The van der Waals surface area contributed by atoms with Crippen molar-refractivity contribution in [2.75, 3.05) is 35.4 Å². The highest BCUT2D eigenvalue weighted by Gasteiger charge is 2.24. The molecule has 9 nitrogen and oxygen atoms in total. The van der Waals surface area contributed by atoms with E-state index in [9.17, 15) is 22.8 Å². The Labute approximate surface area is 173 Å². The van der Waals surface area contributed by atoms with Crippen molar-refractivity contribution in [1.82, 2.24) is 0 Å². The summed E-state index contributed by atoms with van der Waals surface area (Å²) in [5.74, 6) is -2.74. The van der Waals surface area contributed by atoms with E-state index in [1.807, 2.05) is 0 Å². The number of ketones is 1. The molecule has 1 aliphatic heterocycles. The molecule has 10 heteroatoms. The van der Waals surface area contributed by atoms with E-state index in [-0.39, 0.29) is 18.1 Å². The number of anilines is 2. The van der Waals surface area contributed by atoms with E-state index in [4.69, 9.17) is 9.47 Å². The van der Waals surface area contributed by atoms with Crippen LogP contribution in [0.5, 0.6) is 11.5 Å². The number of hydrogen-bond donors (Lipinski definition) is 2. The standard InChI is InChI=1S/C20H20N2O7S/c1-2-28-17-6-4-3-5-14(17)21-20(25)12-30(26,27)11-16(23)13-7-8-18-15(9-13)22-19(24)10-29-18/h3-9H,2,10-12H2,1H3,(H,21,25)(H,22,24). The Bertz CT molecular complexity index is 1100. The zero-order valence-electron chi connectivity index (χ0n) is 16.1. The first-order valence-corrected chi connectivity index (χ1v) is 10.9. The van der Waals surface area contributed by atoms with Gasteiger partial charge in [-0.3, -0.25) is 14.4 Å². The van der Waals surface area contributed by atoms with Crippen molar-refractivity contribution in [3.8, 4) is 11.5 Å². The Morgan fingerprint density at radius 3 is 2.70 bits per heavy atom. The van der Waals surface area contributed by atoms with Gasteiger partial charge in [0, 0.05) is 5.56 Å². The van der Waals surface area contributed by atoms with Gasteiger partial charge in [0.2, 0.25) is 5.91 Å². The van der Waals surface area contributed by atoms with Crippen LogP contribution in [0.1, 0.15) is 17.3 Å². The van der Waals surface area contributed by atoms with Gasteiger partial charge in [0.25, 0.3) is 5.91 Å². The summed E-state index contributed by atoms with van der Waals surface area (Å²) in [6.07, 6.45) is 0. The van der Waals surface area contributed by atoms with Crippen LogP contribution in [0.3, 0.4) is 0 Å². The third kappa shape index (κ3) is 5.35. The second kappa shape index (κ2) is 8.95. The lowest BCUT2D eigenvalue weighted by Crippen LogP contribution is -2.28. The summed E-state index contributed by atoms with van der Waals surface area (Å²) in [4.78, 5) is 36.0. The topological polar surface area (TPSA) is 128 Å². The molecular formula is C20H20N2O7S. The lowest BCUT2D eigenvalue weighted by molar-refractivity contribution is -0.118. The van der Waals surface area contributed by atoms with Gasteiger partial charge in [0.15, 0.2) is 22.2 Å². The second-order valence-corrected chi connectivity index (χ2v) is 8.55. The third-order valence-electron chi connectivity index (χ3n) is 4.10. The number of benzene rings is 2. The highest BCUT2D eigenvalue weighted by Crippen LogP contribution is 2.28. The Morgan fingerprint density at radius 1 is 1.17 bits per heavy atom. The number of rotatable bonds is 8. The van der Waals surface area contributed by atoms with Gasteiger partial charge >= 0.3 is 0 Å². The lowest BCUT2D eigenvalue weighted by atomic mass is 10.1. The van der Waals surface area contributed by atoms with Gasteiger partial charge in [0.05, 0.1) is 18.0 Å². The van der Waals surface area contributed by atoms with Crippen LogP contribution in [0.2, 0.25) is 0 Å². The van der Waals surface area contributed by atoms with Crippen molar-refractivity contribution in [2.45, 2.75) is 6.92 Å². The van der Waals surface area contributed by atoms with E-state index in [0.717, 1.165) is 0 Å². The summed E-state index contributed by atoms with van der Waals surface area (Å²) < 4.78 is 35.3. The van der Waals surface area contributed by atoms with Gasteiger partial charge in [0.1, 0.15) is 23.0 Å². The monoisotopic (exact) mass is 432 g/mol. The Kier molecular flexibility index (Phi) is 6.36. The first kappa shape index (κ1) is 21.3. The van der Waals surface area contributed by atoms with Crippen LogP contribution in [0, 0.1) is 0 Å². The van der Waals surface area contributed by atoms with Crippen LogP contribution in [0.4, 0.5) is 11.4 Å². The van der Waals surface area contributed by atoms with Crippen LogP contribution >= 0.6 is 0 Å². The summed E-state index contributed by atoms with van der Waals surface area (Å²) in [5, 5.41) is 5.04. The fourth-order valence-electron chi connectivity index (χ4n) is 2.83. The summed E-state index contributed by atoms with van der Waals surface area (Å²) in [7, 11) is -4.03. The molecule has 1 aliphatic rings. The van der Waals surface area contributed by atoms with Crippen molar-refractivity contribution in [3.63, 3.8) is 0 Å². The summed E-state index contributed by atoms with van der Waals surface area (Å²) in [5.41, 5.74) is 0.723. The molecular weight excluding hydrogens is 412 g/mol. The maximum absolute atomic E-state index is 12.4. The van der Waals surface area contributed by atoms with Gasteiger partial charge in [-0.15, -0.1) is 0 Å². The van der Waals surface area contributed by atoms with Gasteiger partial charge in [-0.05, 0) is 37.3 Å². The Balaban J connectivity index is 1.65. The number of carbonyl (C=O) groups is 3. The second-order valence-electron chi connectivity index (χ2n) is 6.48. The van der Waals surface area contributed by atoms with E-state index in [0.29, 0.717) is 29.5 Å². The first-order chi connectivity index (χ1) is 14.3. The fourth-order valence-corrected chi connectivity index (χ4v) is 3.97. The predicted octanol–water partition coefficient (Wildman–Crippen LogP) is 1.65. The molecule has 0 bridgehead atoms. The molecule has 0 saturated carbocycles. The number of nitrogens with one attached hydrogen (secondary N) is 2. The van der Waals surface area contributed by atoms with Crippen molar-refractivity contribution >= 4 is 38.8 Å². The highest BCUT2D eigenvalue weighted by atomic mass is 32.2. The minimum absolute atomic E-state index is 0.0882. The maximum Gasteiger partial charge on any atom is 0.262 e. The van der Waals surface area contributed by atoms with Gasteiger partial charge < -0.3 is 20.1 Å². The molecule has 0 aliphatic carbocycles. The van der Waals surface area contributed by atoms with Crippen LogP contribution in [-0.2, 0) is 19.4 Å². The molecule has 0 saturated heterocycles. The number of amides is 2. The van der Waals surface area contributed by atoms with E-state index in [2.05, 4.69) is 10.6 Å². The van der Waals surface area contributed by atoms with Crippen LogP contribution in [0.25, 0.3) is 0 Å². The van der Waals surface area contributed by atoms with Crippen molar-refractivity contribution in [2.24, 2.45) is 0 Å². The van der Waals surface area contributed by atoms with Crippen molar-refractivity contribution in [3.05, 3.63) is 48.0 Å². The Hall–Kier alpha value is -3.40. The number of ether oxygens (including phenoxy) is 2. The zero-order chi connectivity index (χ0) is 21.7. The fraction of sp³-hybridized carbons (Fsp3) is 0.250. The molecule has 2 N–H and O–H groups in total. The molecule has 2 aromatic rings. The smallest absolute Gasteiger partial charge is 0.262 e. The summed E-state index contributed by atoms with van der Waals surface area (Å²) in [6.45, 7) is 2.04. The van der Waals surface area contributed by atoms with E-state index in [1.54, 1.807) is 31.2 Å². The van der Waals surface area contributed by atoms with Crippen molar-refractivity contribution < 1.29 is 32.3 Å². The van der Waals surface area contributed by atoms with E-state index < -0.39 is 33.0 Å². The molecule has 0 fully saturated rings. The lowest BCUT2D eigenvalue weighted by Gasteiger charge is -2.18. The molecule has 0 atom stereocenters. The van der Waals surface area contributed by atoms with E-state index in [1.165, 1.54) is 18.2 Å². The molecule has 158 valence electrons. The third-order valence-corrected chi connectivity index (χ3v) is 5.50. The Morgan fingerprint density at radius 2 is 1.93 bits per heavy atom. The molecule has 0 spiro atoms. The van der Waals surface area contributed by atoms with Crippen LogP contribution in [-0.4, -0.2) is 50.7 Å². The molecule has 3 rings (SSSR count). The average Bonchev–Trinajstić information content (AvgIpc) is 2.68. The predicted molar refractivity (Wildman–Crippen MR) is 110 cm³/mol. The molecule has 2 amide bonds. The quantitative estimate of drug-likeness (QED) is 0.607. The molecule has 0 unspecified atom stereocenters. The summed E-state index contributed by atoms with van der Waals surface area (Å²) in [6, 6.07) is 10.9. The zero-order valence-corrected chi connectivity index (χ0v) is 17.0. The number of fused-ring (bicyclic) bond motifs is 1. The minimum Gasteiger partial charge on any atom is -0.492 e. The van der Waals surface area contributed by atoms with Gasteiger partial charge in [-0.25, -0.2) is 8.42 Å². The number of para-hydroxylation sites is 2. The highest BCUT2D eigenvalue weighted by molar-refractivity contribution is 7.92. The maximum atomic E-state index is 12.4. The van der Waals surface area contributed by atoms with E-state index >= 15 is 0 Å². The first-order valence-electron chi connectivity index (χ1n) is 9.09. The number of carbonyl (C=O) groups excluding carboxylic acids is 3. The molecule has 0 aromatic heterocycles. The largest absolute Gasteiger partial charge is 0.492 e. The van der Waals surface area contributed by atoms with Gasteiger partial charge in [-0.1, -0.05) is 12.1 Å². The molecule has 1 heterocycles. The normalized spacial score (nSPS) is 12.9. The van der Waals surface area contributed by atoms with Crippen LogP contribution < -0.4 is 20.1 Å². The number of hydrogen-bond acceptors (Lipinski definition) is 7. The number of Topliss-reactive ketones (excluding diaryl/α,β-unsaturated/α-hetero) is 1. The molecule has 2 aromatic carbocycles. The van der Waals surface area contributed by atoms with Gasteiger partial charge in [-0.2, -0.15) is 0 Å². The molecule has 30 heavy (non-hydrogen) atoms. The number of sulfone groups is 1. The average molecular weight is 432 g/mol. The van der Waals surface area contributed by atoms with Crippen LogP contribution in [0.15, 0.2) is 42.5 Å². The minimum atomic E-state index is -4.03. The van der Waals surface area contributed by atoms with Crippen molar-refractivity contribution in [1.29, 1.82) is 0 Å². The summed E-state index contributed by atoms with van der Waals surface area (Å²) >= 11 is 0. The SMILES string of the molecule is CCOc1ccccc1NC(=O)CS(=O)(=O)CC(=O)c1ccc2c(c1)NC(=O)CO2.